The molecule has 0 amide bonds. The maximum Gasteiger partial charge on any atom is 0.416 e. The van der Waals surface area contributed by atoms with Gasteiger partial charge < -0.3 is 9.47 Å². The third kappa shape index (κ3) is 7.38. The van der Waals surface area contributed by atoms with Crippen molar-refractivity contribution >= 4 is 6.29 Å². The van der Waals surface area contributed by atoms with E-state index in [0.29, 0.717) is 22.8 Å². The highest BCUT2D eigenvalue weighted by Gasteiger charge is 2.30. The number of rotatable bonds is 11. The van der Waals surface area contributed by atoms with Crippen LogP contribution in [0, 0.1) is 0 Å². The molecule has 3 nitrogen and oxygen atoms in total. The van der Waals surface area contributed by atoms with Crippen molar-refractivity contribution in [1.29, 1.82) is 0 Å². The summed E-state index contributed by atoms with van der Waals surface area (Å²) in [7, 11) is 0. The molecule has 0 spiro atoms. The van der Waals surface area contributed by atoms with Gasteiger partial charge in [-0.15, -0.1) is 0 Å². The first-order valence-corrected chi connectivity index (χ1v) is 11.1. The molecule has 0 bridgehead atoms. The monoisotopic (exact) mass is 456 g/mol. The number of unbranched alkanes of at least 4 members (excludes halogenated alkanes) is 3. The van der Waals surface area contributed by atoms with Gasteiger partial charge in [0.25, 0.3) is 0 Å². The van der Waals surface area contributed by atoms with Crippen molar-refractivity contribution in [3.63, 3.8) is 0 Å². The fourth-order valence-electron chi connectivity index (χ4n) is 3.44. The summed E-state index contributed by atoms with van der Waals surface area (Å²) in [4.78, 5) is 11.0. The third-order valence-electron chi connectivity index (χ3n) is 5.28. The van der Waals surface area contributed by atoms with Gasteiger partial charge in [-0.05, 0) is 66.9 Å². The van der Waals surface area contributed by atoms with Crippen LogP contribution < -0.4 is 9.47 Å². The summed E-state index contributed by atoms with van der Waals surface area (Å²) < 4.78 is 50.0. The Kier molecular flexibility index (Phi) is 8.52. The van der Waals surface area contributed by atoms with Crippen molar-refractivity contribution in [3.05, 3.63) is 89.5 Å². The Hall–Kier alpha value is -3.28. The minimum absolute atomic E-state index is 0.149. The van der Waals surface area contributed by atoms with E-state index in [1.165, 1.54) is 18.6 Å². The van der Waals surface area contributed by atoms with Crippen LogP contribution in [-0.4, -0.2) is 6.29 Å². The molecule has 3 aromatic carbocycles. The second-order valence-electron chi connectivity index (χ2n) is 7.84. The van der Waals surface area contributed by atoms with Crippen LogP contribution in [0.5, 0.6) is 17.2 Å². The molecule has 33 heavy (non-hydrogen) atoms. The van der Waals surface area contributed by atoms with Crippen LogP contribution in [-0.2, 0) is 6.18 Å². The minimum Gasteiger partial charge on any atom is -0.486 e. The molecule has 0 saturated heterocycles. The molecule has 0 fully saturated rings. The number of halogens is 3. The summed E-state index contributed by atoms with van der Waals surface area (Å²) in [6.45, 7) is 2.17. The molecule has 0 saturated carbocycles. The van der Waals surface area contributed by atoms with E-state index < -0.39 is 11.7 Å². The van der Waals surface area contributed by atoms with Crippen LogP contribution in [0.2, 0.25) is 0 Å². The summed E-state index contributed by atoms with van der Waals surface area (Å²) in [5.41, 5.74) is 0.903. The van der Waals surface area contributed by atoms with Gasteiger partial charge >= 0.3 is 6.18 Å². The zero-order valence-corrected chi connectivity index (χ0v) is 18.5. The van der Waals surface area contributed by atoms with Crippen LogP contribution in [0.15, 0.2) is 72.8 Å². The first-order chi connectivity index (χ1) is 15.9. The maximum absolute atomic E-state index is 12.7. The smallest absolute Gasteiger partial charge is 0.416 e. The maximum atomic E-state index is 12.7. The highest BCUT2D eigenvalue weighted by Crippen LogP contribution is 2.32. The normalized spacial score (nSPS) is 12.2. The van der Waals surface area contributed by atoms with Gasteiger partial charge in [-0.25, -0.2) is 0 Å². The molecule has 0 heterocycles. The van der Waals surface area contributed by atoms with Gasteiger partial charge in [0.05, 0.1) is 5.56 Å². The molecule has 1 atom stereocenters. The summed E-state index contributed by atoms with van der Waals surface area (Å²) in [5, 5.41) is 0. The van der Waals surface area contributed by atoms with Crippen molar-refractivity contribution in [3.8, 4) is 17.2 Å². The van der Waals surface area contributed by atoms with Gasteiger partial charge in [-0.3, -0.25) is 4.79 Å². The largest absolute Gasteiger partial charge is 0.486 e. The zero-order valence-electron chi connectivity index (χ0n) is 18.5. The number of alkyl halides is 3. The molecule has 174 valence electrons. The Labute approximate surface area is 192 Å². The van der Waals surface area contributed by atoms with Crippen LogP contribution in [0.1, 0.15) is 66.6 Å². The molecular weight excluding hydrogens is 429 g/mol. The van der Waals surface area contributed by atoms with Crippen LogP contribution in [0.4, 0.5) is 13.2 Å². The molecule has 0 aliphatic carbocycles. The Balaban J connectivity index is 1.66. The highest BCUT2D eigenvalue weighted by atomic mass is 19.4. The van der Waals surface area contributed by atoms with Crippen molar-refractivity contribution < 1.29 is 27.4 Å². The summed E-state index contributed by atoms with van der Waals surface area (Å²) in [5.74, 6) is 1.48. The molecule has 6 heteroatoms. The Morgan fingerprint density at radius 2 is 1.36 bits per heavy atom. The topological polar surface area (TPSA) is 35.5 Å². The standard InChI is InChI=1S/C27H27F3O3/c1-2-3-4-5-6-26(21-9-7-20(19-31)8-10-21)33-25-17-15-24(16-18-25)32-23-13-11-22(12-14-23)27(28,29)30/h7-19,26H,2-6H2,1H3. The number of carbonyl (C=O) groups is 1. The van der Waals surface area contributed by atoms with E-state index in [1.807, 2.05) is 12.1 Å². The van der Waals surface area contributed by atoms with Gasteiger partial charge in [-0.2, -0.15) is 13.2 Å². The van der Waals surface area contributed by atoms with Crippen LogP contribution in [0.25, 0.3) is 0 Å². The van der Waals surface area contributed by atoms with E-state index in [1.54, 1.807) is 36.4 Å². The number of benzene rings is 3. The lowest BCUT2D eigenvalue weighted by Gasteiger charge is -2.20. The lowest BCUT2D eigenvalue weighted by Crippen LogP contribution is -2.08. The third-order valence-corrected chi connectivity index (χ3v) is 5.28. The molecule has 1 unspecified atom stereocenters. The summed E-state index contributed by atoms with van der Waals surface area (Å²) in [6.07, 6.45) is 1.63. The van der Waals surface area contributed by atoms with Gasteiger partial charge in [0.2, 0.25) is 0 Å². The van der Waals surface area contributed by atoms with E-state index in [2.05, 4.69) is 6.92 Å². The fourth-order valence-corrected chi connectivity index (χ4v) is 3.44. The van der Waals surface area contributed by atoms with Crippen molar-refractivity contribution in [1.82, 2.24) is 0 Å². The lowest BCUT2D eigenvalue weighted by molar-refractivity contribution is -0.137. The summed E-state index contributed by atoms with van der Waals surface area (Å²) >= 11 is 0. The second-order valence-corrected chi connectivity index (χ2v) is 7.84. The quantitative estimate of drug-likeness (QED) is 0.215. The van der Waals surface area contributed by atoms with E-state index in [4.69, 9.17) is 9.47 Å². The molecule has 0 N–H and O–H groups in total. The van der Waals surface area contributed by atoms with Gasteiger partial charge in [0, 0.05) is 5.56 Å². The molecule has 0 radical (unpaired) electrons. The SMILES string of the molecule is CCCCCCC(Oc1ccc(Oc2ccc(C(F)(F)F)cc2)cc1)c1ccc(C=O)cc1. The second kappa shape index (κ2) is 11.5. The zero-order chi connectivity index (χ0) is 23.7. The highest BCUT2D eigenvalue weighted by molar-refractivity contribution is 5.74. The van der Waals surface area contributed by atoms with Crippen LogP contribution in [0.3, 0.4) is 0 Å². The lowest BCUT2D eigenvalue weighted by atomic mass is 10.0. The number of carbonyl (C=O) groups excluding carboxylic acids is 1. The van der Waals surface area contributed by atoms with E-state index in [9.17, 15) is 18.0 Å². The Bertz CT molecular complexity index is 995. The molecule has 3 rings (SSSR count). The van der Waals surface area contributed by atoms with E-state index in [-0.39, 0.29) is 6.10 Å². The number of aldehydes is 1. The minimum atomic E-state index is -4.38. The fraction of sp³-hybridized carbons (Fsp3) is 0.296. The van der Waals surface area contributed by atoms with Gasteiger partial charge in [0.15, 0.2) is 0 Å². The van der Waals surface area contributed by atoms with Gasteiger partial charge in [-0.1, -0.05) is 50.5 Å². The number of ether oxygens (including phenoxy) is 2. The first kappa shape index (κ1) is 24.4. The van der Waals surface area contributed by atoms with E-state index >= 15 is 0 Å². The molecule has 0 aromatic heterocycles. The predicted molar refractivity (Wildman–Crippen MR) is 122 cm³/mol. The van der Waals surface area contributed by atoms with E-state index in [0.717, 1.165) is 49.7 Å². The average molecular weight is 457 g/mol. The molecule has 0 aliphatic heterocycles. The number of hydrogen-bond donors (Lipinski definition) is 0. The van der Waals surface area contributed by atoms with Crippen molar-refractivity contribution in [2.24, 2.45) is 0 Å². The Morgan fingerprint density at radius 3 is 1.91 bits per heavy atom. The van der Waals surface area contributed by atoms with Gasteiger partial charge in [0.1, 0.15) is 29.6 Å². The van der Waals surface area contributed by atoms with Crippen molar-refractivity contribution in [2.45, 2.75) is 51.3 Å². The molecule has 3 aromatic rings. The Morgan fingerprint density at radius 1 is 0.788 bits per heavy atom. The van der Waals surface area contributed by atoms with Crippen LogP contribution >= 0.6 is 0 Å². The molecular formula is C27H27F3O3. The van der Waals surface area contributed by atoms with Crippen molar-refractivity contribution in [2.75, 3.05) is 0 Å². The first-order valence-electron chi connectivity index (χ1n) is 11.1. The molecule has 0 aliphatic rings. The predicted octanol–water partition coefficient (Wildman–Crippen LogP) is 8.40. The summed E-state index contributed by atoms with van der Waals surface area (Å²) in [6, 6.07) is 19.0. The average Bonchev–Trinajstić information content (AvgIpc) is 2.82. The number of hydrogen-bond acceptors (Lipinski definition) is 3.